The van der Waals surface area contributed by atoms with Crippen molar-refractivity contribution in [3.8, 4) is 23.0 Å². The van der Waals surface area contributed by atoms with E-state index in [4.69, 9.17) is 16.1 Å². The zero-order valence-corrected chi connectivity index (χ0v) is 17.1. The minimum atomic E-state index is -0.530. The highest BCUT2D eigenvalue weighted by atomic mass is 19.1. The summed E-state index contributed by atoms with van der Waals surface area (Å²) in [6.07, 6.45) is 4.47. The van der Waals surface area contributed by atoms with Gasteiger partial charge in [-0.1, -0.05) is 30.2 Å². The standard InChI is InChI=1S/C24H26FN5/c1-16-5-9-21(10-6-16)30-23(18-7-8-19(14-26)22(25)12-18)13-24(29-30)28-15-17-3-2-4-20(27)11-17/h5-10,12-13,17,20H,2-4,11,15,27H2,1H3,(H,28,29)/t17?,20-/m0/s1. The Morgan fingerprint density at radius 3 is 2.70 bits per heavy atom. The van der Waals surface area contributed by atoms with Crippen molar-refractivity contribution in [2.45, 2.75) is 38.6 Å². The van der Waals surface area contributed by atoms with E-state index >= 15 is 0 Å². The lowest BCUT2D eigenvalue weighted by Crippen LogP contribution is -2.31. The Balaban J connectivity index is 1.66. The highest BCUT2D eigenvalue weighted by molar-refractivity contribution is 5.67. The number of nitrogens with two attached hydrogens (primary N) is 1. The summed E-state index contributed by atoms with van der Waals surface area (Å²) in [6, 6.07) is 16.8. The molecule has 0 radical (unpaired) electrons. The van der Waals surface area contributed by atoms with Gasteiger partial charge in [0.25, 0.3) is 0 Å². The topological polar surface area (TPSA) is 79.7 Å². The molecule has 6 heteroatoms. The zero-order valence-electron chi connectivity index (χ0n) is 17.1. The molecule has 1 fully saturated rings. The number of nitriles is 1. The average molecular weight is 404 g/mol. The minimum absolute atomic E-state index is 0.0344. The first kappa shape index (κ1) is 20.1. The molecule has 154 valence electrons. The fourth-order valence-corrected chi connectivity index (χ4v) is 4.09. The second-order valence-electron chi connectivity index (χ2n) is 8.14. The molecule has 3 N–H and O–H groups in total. The molecule has 30 heavy (non-hydrogen) atoms. The normalized spacial score (nSPS) is 18.7. The van der Waals surface area contributed by atoms with E-state index in [0.29, 0.717) is 11.5 Å². The predicted octanol–water partition coefficient (Wildman–Crippen LogP) is 4.79. The molecule has 0 aliphatic heterocycles. The van der Waals surface area contributed by atoms with E-state index in [1.165, 1.54) is 25.0 Å². The number of aromatic nitrogens is 2. The fraction of sp³-hybridized carbons (Fsp3) is 0.333. The first-order chi connectivity index (χ1) is 14.5. The molecule has 1 aliphatic carbocycles. The van der Waals surface area contributed by atoms with Crippen LogP contribution < -0.4 is 11.1 Å². The maximum Gasteiger partial charge on any atom is 0.149 e. The third-order valence-corrected chi connectivity index (χ3v) is 5.77. The van der Waals surface area contributed by atoms with Gasteiger partial charge in [-0.3, -0.25) is 0 Å². The van der Waals surface area contributed by atoms with Crippen LogP contribution in [0.4, 0.5) is 10.2 Å². The first-order valence-corrected chi connectivity index (χ1v) is 10.4. The molecule has 0 saturated heterocycles. The van der Waals surface area contributed by atoms with E-state index in [-0.39, 0.29) is 11.6 Å². The Labute approximate surface area is 176 Å². The number of nitrogens with one attached hydrogen (secondary N) is 1. The SMILES string of the molecule is Cc1ccc(-n2nc(NCC3CCC[C@H](N)C3)cc2-c2ccc(C#N)c(F)c2)cc1. The molecule has 1 heterocycles. The average Bonchev–Trinajstić information content (AvgIpc) is 3.17. The molecule has 2 atom stereocenters. The quantitative estimate of drug-likeness (QED) is 0.642. The molecule has 1 unspecified atom stereocenters. The van der Waals surface area contributed by atoms with Gasteiger partial charge in [-0.2, -0.15) is 5.26 Å². The molecule has 4 rings (SSSR count). The number of benzene rings is 2. The van der Waals surface area contributed by atoms with Gasteiger partial charge in [-0.25, -0.2) is 9.07 Å². The van der Waals surface area contributed by atoms with Crippen molar-refractivity contribution in [3.63, 3.8) is 0 Å². The van der Waals surface area contributed by atoms with Crippen LogP contribution in [0, 0.1) is 30.0 Å². The molecular formula is C24H26FN5. The molecule has 1 aromatic heterocycles. The second kappa shape index (κ2) is 8.68. The maximum absolute atomic E-state index is 14.3. The highest BCUT2D eigenvalue weighted by Crippen LogP contribution is 2.29. The highest BCUT2D eigenvalue weighted by Gasteiger charge is 2.20. The van der Waals surface area contributed by atoms with Crippen molar-refractivity contribution in [2.24, 2.45) is 11.7 Å². The van der Waals surface area contributed by atoms with Crippen LogP contribution in [-0.4, -0.2) is 22.4 Å². The van der Waals surface area contributed by atoms with Gasteiger partial charge in [0.15, 0.2) is 0 Å². The molecule has 1 saturated carbocycles. The Hall–Kier alpha value is -3.17. The predicted molar refractivity (Wildman–Crippen MR) is 117 cm³/mol. The van der Waals surface area contributed by atoms with E-state index in [9.17, 15) is 4.39 Å². The monoisotopic (exact) mass is 403 g/mol. The lowest BCUT2D eigenvalue weighted by molar-refractivity contribution is 0.335. The molecular weight excluding hydrogens is 377 g/mol. The van der Waals surface area contributed by atoms with Crippen LogP contribution in [-0.2, 0) is 0 Å². The summed E-state index contributed by atoms with van der Waals surface area (Å²) in [4.78, 5) is 0. The molecule has 5 nitrogen and oxygen atoms in total. The lowest BCUT2D eigenvalue weighted by Gasteiger charge is -2.26. The van der Waals surface area contributed by atoms with Crippen molar-refractivity contribution in [3.05, 3.63) is 65.5 Å². The number of hydrogen-bond acceptors (Lipinski definition) is 4. The minimum Gasteiger partial charge on any atom is -0.368 e. The van der Waals surface area contributed by atoms with Crippen LogP contribution in [0.25, 0.3) is 16.9 Å². The van der Waals surface area contributed by atoms with Gasteiger partial charge in [0.05, 0.1) is 16.9 Å². The third-order valence-electron chi connectivity index (χ3n) is 5.77. The smallest absolute Gasteiger partial charge is 0.149 e. The number of aryl methyl sites for hydroxylation is 1. The van der Waals surface area contributed by atoms with E-state index < -0.39 is 5.82 Å². The zero-order chi connectivity index (χ0) is 21.1. The number of hydrogen-bond donors (Lipinski definition) is 2. The van der Waals surface area contributed by atoms with E-state index in [1.807, 2.05) is 48.0 Å². The second-order valence-corrected chi connectivity index (χ2v) is 8.14. The largest absolute Gasteiger partial charge is 0.368 e. The van der Waals surface area contributed by atoms with E-state index in [1.54, 1.807) is 6.07 Å². The van der Waals surface area contributed by atoms with Crippen LogP contribution in [0.1, 0.15) is 36.8 Å². The van der Waals surface area contributed by atoms with Crippen LogP contribution in [0.2, 0.25) is 0 Å². The summed E-state index contributed by atoms with van der Waals surface area (Å²) in [5.74, 6) is 0.751. The van der Waals surface area contributed by atoms with Crippen LogP contribution >= 0.6 is 0 Å². The van der Waals surface area contributed by atoms with Crippen LogP contribution in [0.15, 0.2) is 48.5 Å². The Morgan fingerprint density at radius 1 is 1.20 bits per heavy atom. The Bertz CT molecular complexity index is 1060. The molecule has 0 spiro atoms. The number of rotatable bonds is 5. The van der Waals surface area contributed by atoms with Crippen LogP contribution in [0.3, 0.4) is 0 Å². The van der Waals surface area contributed by atoms with Gasteiger partial charge in [-0.05, 0) is 56.4 Å². The Kier molecular flexibility index (Phi) is 5.82. The van der Waals surface area contributed by atoms with Crippen molar-refractivity contribution in [1.29, 1.82) is 5.26 Å². The van der Waals surface area contributed by atoms with Gasteiger partial charge < -0.3 is 11.1 Å². The summed E-state index contributed by atoms with van der Waals surface area (Å²) in [7, 11) is 0. The molecule has 0 amide bonds. The molecule has 2 aromatic carbocycles. The van der Waals surface area contributed by atoms with Gasteiger partial charge >= 0.3 is 0 Å². The van der Waals surface area contributed by atoms with Gasteiger partial charge in [0, 0.05) is 24.2 Å². The lowest BCUT2D eigenvalue weighted by atomic mass is 9.86. The van der Waals surface area contributed by atoms with Gasteiger partial charge in [-0.15, -0.1) is 5.10 Å². The summed E-state index contributed by atoms with van der Waals surface area (Å²) in [6.45, 7) is 2.85. The molecule has 3 aromatic rings. The number of anilines is 1. The van der Waals surface area contributed by atoms with Crippen molar-refractivity contribution < 1.29 is 4.39 Å². The van der Waals surface area contributed by atoms with Crippen molar-refractivity contribution in [2.75, 3.05) is 11.9 Å². The summed E-state index contributed by atoms with van der Waals surface area (Å²) in [5.41, 5.74) is 9.65. The molecule has 1 aliphatic rings. The summed E-state index contributed by atoms with van der Waals surface area (Å²) >= 11 is 0. The fourth-order valence-electron chi connectivity index (χ4n) is 4.09. The first-order valence-electron chi connectivity index (χ1n) is 10.4. The Morgan fingerprint density at radius 2 is 2.00 bits per heavy atom. The maximum atomic E-state index is 14.3. The van der Waals surface area contributed by atoms with Gasteiger partial charge in [0.2, 0.25) is 0 Å². The van der Waals surface area contributed by atoms with Crippen molar-refractivity contribution in [1.82, 2.24) is 9.78 Å². The van der Waals surface area contributed by atoms with Crippen molar-refractivity contribution >= 4 is 5.82 Å². The van der Waals surface area contributed by atoms with Crippen LogP contribution in [0.5, 0.6) is 0 Å². The number of nitrogens with zero attached hydrogens (tertiary/aromatic N) is 3. The third kappa shape index (κ3) is 4.37. The van der Waals surface area contributed by atoms with E-state index in [2.05, 4.69) is 5.32 Å². The molecule has 0 bridgehead atoms. The van der Waals surface area contributed by atoms with Gasteiger partial charge in [0.1, 0.15) is 17.7 Å². The summed E-state index contributed by atoms with van der Waals surface area (Å²) in [5, 5.41) is 17.2. The number of halogens is 1. The summed E-state index contributed by atoms with van der Waals surface area (Å²) < 4.78 is 16.1. The van der Waals surface area contributed by atoms with E-state index in [0.717, 1.165) is 42.1 Å².